The molecule has 4 aromatic rings. The first-order chi connectivity index (χ1) is 13.6. The Labute approximate surface area is 175 Å². The lowest BCUT2D eigenvalue weighted by molar-refractivity contribution is 0.469. The van der Waals surface area contributed by atoms with Crippen molar-refractivity contribution in [1.82, 2.24) is 15.0 Å². The third-order valence-corrected chi connectivity index (χ3v) is 5.02. The molecule has 1 aromatic heterocycles. The third kappa shape index (κ3) is 3.88. The van der Waals surface area contributed by atoms with Crippen molar-refractivity contribution in [1.29, 1.82) is 0 Å². The van der Waals surface area contributed by atoms with E-state index in [-0.39, 0.29) is 5.75 Å². The Morgan fingerprint density at radius 1 is 1.00 bits per heavy atom. The Bertz CT molecular complexity index is 1100. The second-order valence-electron chi connectivity index (χ2n) is 6.17. The van der Waals surface area contributed by atoms with Crippen LogP contribution >= 0.6 is 27.5 Å². The lowest BCUT2D eigenvalue weighted by atomic mass is 10.1. The SMILES string of the molecule is Oc1ccc(Br)cc1CNc1c(-c2ccccc2)nnn1-c1ccc(Cl)cc1. The summed E-state index contributed by atoms with van der Waals surface area (Å²) in [5.41, 5.74) is 3.27. The summed E-state index contributed by atoms with van der Waals surface area (Å²) in [7, 11) is 0. The Morgan fingerprint density at radius 2 is 1.75 bits per heavy atom. The van der Waals surface area contributed by atoms with E-state index in [2.05, 4.69) is 31.6 Å². The molecule has 28 heavy (non-hydrogen) atoms. The van der Waals surface area contributed by atoms with Crippen LogP contribution in [0.15, 0.2) is 77.3 Å². The molecule has 0 saturated carbocycles. The van der Waals surface area contributed by atoms with Crippen LogP contribution < -0.4 is 5.32 Å². The highest BCUT2D eigenvalue weighted by Gasteiger charge is 2.16. The molecule has 0 spiro atoms. The van der Waals surface area contributed by atoms with E-state index in [4.69, 9.17) is 11.6 Å². The van der Waals surface area contributed by atoms with Gasteiger partial charge in [0.1, 0.15) is 11.4 Å². The average Bonchev–Trinajstić information content (AvgIpc) is 3.14. The molecule has 5 nitrogen and oxygen atoms in total. The molecule has 7 heteroatoms. The fourth-order valence-corrected chi connectivity index (χ4v) is 3.40. The van der Waals surface area contributed by atoms with Crippen LogP contribution in [0.5, 0.6) is 5.75 Å². The van der Waals surface area contributed by atoms with E-state index < -0.39 is 0 Å². The molecule has 0 saturated heterocycles. The van der Waals surface area contributed by atoms with Crippen molar-refractivity contribution >= 4 is 33.3 Å². The number of nitrogens with zero attached hydrogens (tertiary/aromatic N) is 3. The van der Waals surface area contributed by atoms with Crippen LogP contribution in [-0.4, -0.2) is 20.1 Å². The molecular formula is C21H16BrClN4O. The van der Waals surface area contributed by atoms with E-state index in [0.717, 1.165) is 32.8 Å². The number of halogens is 2. The van der Waals surface area contributed by atoms with Crippen LogP contribution in [0.4, 0.5) is 5.82 Å². The van der Waals surface area contributed by atoms with Crippen molar-refractivity contribution in [3.8, 4) is 22.7 Å². The molecule has 0 radical (unpaired) electrons. The van der Waals surface area contributed by atoms with Gasteiger partial charge in [-0.2, -0.15) is 4.68 Å². The zero-order valence-corrected chi connectivity index (χ0v) is 17.0. The van der Waals surface area contributed by atoms with Crippen molar-refractivity contribution < 1.29 is 5.11 Å². The van der Waals surface area contributed by atoms with Gasteiger partial charge in [-0.1, -0.05) is 63.1 Å². The first kappa shape index (κ1) is 18.5. The molecule has 0 aliphatic carbocycles. The molecule has 1 heterocycles. The maximum Gasteiger partial charge on any atom is 0.158 e. The molecule has 0 amide bonds. The van der Waals surface area contributed by atoms with Crippen molar-refractivity contribution in [3.05, 3.63) is 87.9 Å². The van der Waals surface area contributed by atoms with Gasteiger partial charge in [-0.3, -0.25) is 0 Å². The van der Waals surface area contributed by atoms with Gasteiger partial charge < -0.3 is 10.4 Å². The van der Waals surface area contributed by atoms with Gasteiger partial charge in [0, 0.05) is 27.2 Å². The first-order valence-corrected chi connectivity index (χ1v) is 9.77. The van der Waals surface area contributed by atoms with E-state index in [1.807, 2.05) is 60.7 Å². The van der Waals surface area contributed by atoms with Crippen LogP contribution in [0.25, 0.3) is 16.9 Å². The maximum atomic E-state index is 10.2. The minimum absolute atomic E-state index is 0.225. The summed E-state index contributed by atoms with van der Waals surface area (Å²) in [6.45, 7) is 0.409. The lowest BCUT2D eigenvalue weighted by Crippen LogP contribution is -2.07. The van der Waals surface area contributed by atoms with E-state index in [1.165, 1.54) is 0 Å². The molecule has 0 bridgehead atoms. The zero-order chi connectivity index (χ0) is 19.5. The molecule has 0 unspecified atom stereocenters. The number of aromatic hydroxyl groups is 1. The van der Waals surface area contributed by atoms with Crippen molar-refractivity contribution in [2.45, 2.75) is 6.54 Å². The minimum Gasteiger partial charge on any atom is -0.508 e. The molecular weight excluding hydrogens is 440 g/mol. The Kier molecular flexibility index (Phi) is 5.32. The van der Waals surface area contributed by atoms with Crippen molar-refractivity contribution in [2.75, 3.05) is 5.32 Å². The van der Waals surface area contributed by atoms with Gasteiger partial charge in [0.2, 0.25) is 0 Å². The maximum absolute atomic E-state index is 10.2. The molecule has 0 fully saturated rings. The fraction of sp³-hybridized carbons (Fsp3) is 0.0476. The number of hydrogen-bond acceptors (Lipinski definition) is 4. The molecule has 2 N–H and O–H groups in total. The normalized spacial score (nSPS) is 10.8. The lowest BCUT2D eigenvalue weighted by Gasteiger charge is -2.12. The van der Waals surface area contributed by atoms with Gasteiger partial charge in [-0.25, -0.2) is 0 Å². The summed E-state index contributed by atoms with van der Waals surface area (Å²) < 4.78 is 2.63. The van der Waals surface area contributed by atoms with E-state index in [0.29, 0.717) is 11.6 Å². The number of phenols is 1. The molecule has 0 atom stereocenters. The Balaban J connectivity index is 1.75. The highest BCUT2D eigenvalue weighted by molar-refractivity contribution is 9.10. The summed E-state index contributed by atoms with van der Waals surface area (Å²) in [4.78, 5) is 0. The van der Waals surface area contributed by atoms with Crippen molar-refractivity contribution in [2.24, 2.45) is 0 Å². The van der Waals surface area contributed by atoms with Gasteiger partial charge in [0.15, 0.2) is 5.82 Å². The molecule has 4 rings (SSSR count). The van der Waals surface area contributed by atoms with Crippen LogP contribution in [0.1, 0.15) is 5.56 Å². The number of benzene rings is 3. The summed E-state index contributed by atoms with van der Waals surface area (Å²) in [5.74, 6) is 0.954. The highest BCUT2D eigenvalue weighted by atomic mass is 79.9. The number of anilines is 1. The van der Waals surface area contributed by atoms with Crippen LogP contribution in [0.3, 0.4) is 0 Å². The van der Waals surface area contributed by atoms with E-state index >= 15 is 0 Å². The first-order valence-electron chi connectivity index (χ1n) is 8.60. The van der Waals surface area contributed by atoms with Gasteiger partial charge in [0.05, 0.1) is 5.69 Å². The zero-order valence-electron chi connectivity index (χ0n) is 14.7. The van der Waals surface area contributed by atoms with Gasteiger partial charge in [0.25, 0.3) is 0 Å². The van der Waals surface area contributed by atoms with Gasteiger partial charge in [-0.15, -0.1) is 5.10 Å². The van der Waals surface area contributed by atoms with Gasteiger partial charge >= 0.3 is 0 Å². The largest absolute Gasteiger partial charge is 0.508 e. The average molecular weight is 456 g/mol. The standard InChI is InChI=1S/C21H16BrClN4O/c22-16-6-11-19(28)15(12-16)13-24-21-20(14-4-2-1-3-5-14)25-26-27(21)18-9-7-17(23)8-10-18/h1-12,24,28H,13H2. The second-order valence-corrected chi connectivity index (χ2v) is 7.52. The van der Waals surface area contributed by atoms with Crippen LogP contribution in [0, 0.1) is 0 Å². The monoisotopic (exact) mass is 454 g/mol. The molecule has 3 aromatic carbocycles. The summed E-state index contributed by atoms with van der Waals surface area (Å²) >= 11 is 9.46. The molecule has 0 aliphatic rings. The topological polar surface area (TPSA) is 63.0 Å². The summed E-state index contributed by atoms with van der Waals surface area (Å²) in [6.07, 6.45) is 0. The van der Waals surface area contributed by atoms with Crippen LogP contribution in [0.2, 0.25) is 5.02 Å². The number of nitrogens with one attached hydrogen (secondary N) is 1. The fourth-order valence-electron chi connectivity index (χ4n) is 2.87. The van der Waals surface area contributed by atoms with E-state index in [9.17, 15) is 5.11 Å². The number of hydrogen-bond donors (Lipinski definition) is 2. The van der Waals surface area contributed by atoms with Crippen molar-refractivity contribution in [3.63, 3.8) is 0 Å². The van der Waals surface area contributed by atoms with Crippen LogP contribution in [-0.2, 0) is 6.54 Å². The third-order valence-electron chi connectivity index (χ3n) is 4.28. The quantitative estimate of drug-likeness (QED) is 0.407. The number of rotatable bonds is 5. The second kappa shape index (κ2) is 8.04. The van der Waals surface area contributed by atoms with E-state index in [1.54, 1.807) is 16.8 Å². The smallest absolute Gasteiger partial charge is 0.158 e. The highest BCUT2D eigenvalue weighted by Crippen LogP contribution is 2.30. The molecule has 140 valence electrons. The Morgan fingerprint density at radius 3 is 2.50 bits per heavy atom. The predicted octanol–water partition coefficient (Wildman–Crippen LogP) is 5.67. The summed E-state index contributed by atoms with van der Waals surface area (Å²) in [6, 6.07) is 22.6. The minimum atomic E-state index is 0.225. The van der Waals surface area contributed by atoms with Gasteiger partial charge in [-0.05, 0) is 42.5 Å². The number of aromatic nitrogens is 3. The molecule has 0 aliphatic heterocycles. The Hall–Kier alpha value is -2.83. The number of phenolic OH excluding ortho intramolecular Hbond substituents is 1. The summed E-state index contributed by atoms with van der Waals surface area (Å²) in [5, 5.41) is 22.9. The predicted molar refractivity (Wildman–Crippen MR) is 115 cm³/mol.